The SMILES string of the molecule is Cn1ccnc1-c1nc(Cl)ncc1[N+](=O)[O-]. The van der Waals surface area contributed by atoms with E-state index < -0.39 is 4.92 Å². The Balaban J connectivity index is 2.67. The van der Waals surface area contributed by atoms with Gasteiger partial charge in [-0.3, -0.25) is 10.1 Å². The number of nitrogens with zero attached hydrogens (tertiary/aromatic N) is 5. The summed E-state index contributed by atoms with van der Waals surface area (Å²) in [4.78, 5) is 21.6. The molecule has 0 aromatic carbocycles. The summed E-state index contributed by atoms with van der Waals surface area (Å²) in [6.07, 6.45) is 4.25. The molecule has 0 atom stereocenters. The van der Waals surface area contributed by atoms with Gasteiger partial charge in [0.05, 0.1) is 4.92 Å². The second-order valence-electron chi connectivity index (χ2n) is 2.99. The smallest absolute Gasteiger partial charge is 0.316 e. The molecule has 0 aliphatic rings. The third-order valence-corrected chi connectivity index (χ3v) is 2.15. The lowest BCUT2D eigenvalue weighted by Gasteiger charge is -2.01. The molecule has 0 amide bonds. The van der Waals surface area contributed by atoms with Crippen LogP contribution in [-0.2, 0) is 7.05 Å². The molecule has 0 aliphatic carbocycles. The number of aryl methyl sites for hydroxylation is 1. The van der Waals surface area contributed by atoms with Crippen LogP contribution in [0.3, 0.4) is 0 Å². The van der Waals surface area contributed by atoms with Crippen molar-refractivity contribution in [3.05, 3.63) is 34.0 Å². The quantitative estimate of drug-likeness (QED) is 0.450. The van der Waals surface area contributed by atoms with Crippen LogP contribution in [0.1, 0.15) is 0 Å². The lowest BCUT2D eigenvalue weighted by atomic mass is 10.3. The van der Waals surface area contributed by atoms with Crippen LogP contribution in [0.15, 0.2) is 18.6 Å². The predicted octanol–water partition coefficient (Wildman–Crippen LogP) is 1.44. The zero-order valence-electron chi connectivity index (χ0n) is 8.16. The molecule has 2 heterocycles. The third kappa shape index (κ3) is 1.72. The summed E-state index contributed by atoms with van der Waals surface area (Å²) in [5.74, 6) is 0.371. The lowest BCUT2D eigenvalue weighted by molar-refractivity contribution is -0.384. The number of imidazole rings is 1. The maximum Gasteiger partial charge on any atom is 0.316 e. The van der Waals surface area contributed by atoms with E-state index >= 15 is 0 Å². The highest BCUT2D eigenvalue weighted by Gasteiger charge is 2.21. The minimum absolute atomic E-state index is 0.0522. The zero-order valence-corrected chi connectivity index (χ0v) is 8.92. The standard InChI is InChI=1S/C8H6ClN5O2/c1-13-3-2-10-7(13)6-5(14(15)16)4-11-8(9)12-6/h2-4H,1H3. The maximum absolute atomic E-state index is 10.8. The minimum Gasteiger partial charge on any atom is -0.333 e. The molecule has 2 aromatic rings. The molecular formula is C8H6ClN5O2. The first-order valence-corrected chi connectivity index (χ1v) is 4.62. The molecule has 0 saturated heterocycles. The summed E-state index contributed by atoms with van der Waals surface area (Å²) in [5.41, 5.74) is -0.115. The van der Waals surface area contributed by atoms with E-state index in [1.165, 1.54) is 6.20 Å². The molecule has 2 rings (SSSR count). The molecule has 0 bridgehead atoms. The van der Waals surface area contributed by atoms with Crippen LogP contribution in [0.25, 0.3) is 11.5 Å². The lowest BCUT2D eigenvalue weighted by Crippen LogP contribution is -2.01. The highest BCUT2D eigenvalue weighted by molar-refractivity contribution is 6.28. The largest absolute Gasteiger partial charge is 0.333 e. The van der Waals surface area contributed by atoms with Gasteiger partial charge in [-0.15, -0.1) is 0 Å². The fourth-order valence-electron chi connectivity index (χ4n) is 1.25. The van der Waals surface area contributed by atoms with Crippen molar-refractivity contribution in [2.24, 2.45) is 7.05 Å². The third-order valence-electron chi connectivity index (χ3n) is 1.97. The topological polar surface area (TPSA) is 86.7 Å². The number of hydrogen-bond acceptors (Lipinski definition) is 5. The molecule has 0 aliphatic heterocycles. The van der Waals surface area contributed by atoms with Crippen LogP contribution in [0.5, 0.6) is 0 Å². The number of aromatic nitrogens is 4. The van der Waals surface area contributed by atoms with Crippen LogP contribution in [-0.4, -0.2) is 24.4 Å². The van der Waals surface area contributed by atoms with Crippen LogP contribution in [0, 0.1) is 10.1 Å². The molecular weight excluding hydrogens is 234 g/mol. The van der Waals surface area contributed by atoms with E-state index in [0.29, 0.717) is 5.82 Å². The summed E-state index contributed by atoms with van der Waals surface area (Å²) in [7, 11) is 1.71. The predicted molar refractivity (Wildman–Crippen MR) is 55.9 cm³/mol. The van der Waals surface area contributed by atoms with Gasteiger partial charge < -0.3 is 4.57 Å². The van der Waals surface area contributed by atoms with Gasteiger partial charge in [-0.1, -0.05) is 0 Å². The van der Waals surface area contributed by atoms with Crippen molar-refractivity contribution in [3.8, 4) is 11.5 Å². The van der Waals surface area contributed by atoms with Crippen LogP contribution >= 0.6 is 11.6 Å². The van der Waals surface area contributed by atoms with Crippen molar-refractivity contribution < 1.29 is 4.92 Å². The first-order valence-electron chi connectivity index (χ1n) is 4.24. The van der Waals surface area contributed by atoms with E-state index in [0.717, 1.165) is 6.20 Å². The Morgan fingerprint density at radius 1 is 1.50 bits per heavy atom. The average molecular weight is 240 g/mol. The average Bonchev–Trinajstić information content (AvgIpc) is 2.63. The van der Waals surface area contributed by atoms with Crippen LogP contribution in [0.4, 0.5) is 5.69 Å². The first kappa shape index (κ1) is 10.5. The molecule has 0 N–H and O–H groups in total. The first-order chi connectivity index (χ1) is 7.59. The second-order valence-corrected chi connectivity index (χ2v) is 3.33. The number of hydrogen-bond donors (Lipinski definition) is 0. The molecule has 0 unspecified atom stereocenters. The van der Waals surface area contributed by atoms with Gasteiger partial charge in [0, 0.05) is 19.4 Å². The molecule has 16 heavy (non-hydrogen) atoms. The van der Waals surface area contributed by atoms with E-state index in [4.69, 9.17) is 11.6 Å². The fraction of sp³-hybridized carbons (Fsp3) is 0.125. The molecule has 0 saturated carbocycles. The Bertz CT molecular complexity index is 553. The number of nitro groups is 1. The molecule has 0 radical (unpaired) electrons. The van der Waals surface area contributed by atoms with E-state index in [1.807, 2.05) is 0 Å². The molecule has 82 valence electrons. The number of rotatable bonds is 2. The van der Waals surface area contributed by atoms with Crippen molar-refractivity contribution in [2.45, 2.75) is 0 Å². The van der Waals surface area contributed by atoms with Crippen molar-refractivity contribution >= 4 is 17.3 Å². The molecule has 8 heteroatoms. The Morgan fingerprint density at radius 3 is 2.81 bits per heavy atom. The van der Waals surface area contributed by atoms with Gasteiger partial charge in [0.15, 0.2) is 11.5 Å². The summed E-state index contributed by atoms with van der Waals surface area (Å²) < 4.78 is 1.62. The van der Waals surface area contributed by atoms with Gasteiger partial charge in [0.25, 0.3) is 0 Å². The normalized spacial score (nSPS) is 10.4. The summed E-state index contributed by atoms with van der Waals surface area (Å²) >= 11 is 5.61. The van der Waals surface area contributed by atoms with E-state index in [2.05, 4.69) is 15.0 Å². The van der Waals surface area contributed by atoms with E-state index in [9.17, 15) is 10.1 Å². The summed E-state index contributed by atoms with van der Waals surface area (Å²) in [6, 6.07) is 0. The molecule has 0 spiro atoms. The van der Waals surface area contributed by atoms with Gasteiger partial charge >= 0.3 is 5.69 Å². The van der Waals surface area contributed by atoms with Crippen molar-refractivity contribution in [1.82, 2.24) is 19.5 Å². The van der Waals surface area contributed by atoms with Crippen LogP contribution in [0.2, 0.25) is 5.28 Å². The highest BCUT2D eigenvalue weighted by atomic mass is 35.5. The Kier molecular flexibility index (Phi) is 2.53. The maximum atomic E-state index is 10.8. The fourth-order valence-corrected chi connectivity index (χ4v) is 1.38. The van der Waals surface area contributed by atoms with E-state index in [-0.39, 0.29) is 16.7 Å². The Labute approximate surface area is 94.9 Å². The summed E-state index contributed by atoms with van der Waals surface area (Å²) in [5, 5.41) is 10.7. The Morgan fingerprint density at radius 2 is 2.25 bits per heavy atom. The van der Waals surface area contributed by atoms with Crippen molar-refractivity contribution in [3.63, 3.8) is 0 Å². The summed E-state index contributed by atoms with van der Waals surface area (Å²) in [6.45, 7) is 0. The van der Waals surface area contributed by atoms with Crippen LogP contribution < -0.4 is 0 Å². The highest BCUT2D eigenvalue weighted by Crippen LogP contribution is 2.26. The minimum atomic E-state index is -0.569. The van der Waals surface area contributed by atoms with E-state index in [1.54, 1.807) is 17.8 Å². The molecule has 2 aromatic heterocycles. The van der Waals surface area contributed by atoms with Gasteiger partial charge in [-0.25, -0.2) is 15.0 Å². The monoisotopic (exact) mass is 239 g/mol. The number of halogens is 1. The Hall–Kier alpha value is -2.02. The molecule has 0 fully saturated rings. The van der Waals surface area contributed by atoms with Crippen molar-refractivity contribution in [1.29, 1.82) is 0 Å². The van der Waals surface area contributed by atoms with Gasteiger partial charge in [0.2, 0.25) is 5.28 Å². The van der Waals surface area contributed by atoms with Gasteiger partial charge in [0.1, 0.15) is 6.20 Å². The zero-order chi connectivity index (χ0) is 11.7. The van der Waals surface area contributed by atoms with Gasteiger partial charge in [-0.2, -0.15) is 0 Å². The second kappa shape index (κ2) is 3.86. The van der Waals surface area contributed by atoms with Crippen molar-refractivity contribution in [2.75, 3.05) is 0 Å². The molecule has 7 nitrogen and oxygen atoms in total. The van der Waals surface area contributed by atoms with Gasteiger partial charge in [-0.05, 0) is 11.6 Å².